The molecule has 0 saturated carbocycles. The summed E-state index contributed by atoms with van der Waals surface area (Å²) in [4.78, 5) is 0.246. The number of epoxide rings is 1. The van der Waals surface area contributed by atoms with Gasteiger partial charge in [-0.1, -0.05) is 29.8 Å². The highest BCUT2D eigenvalue weighted by Crippen LogP contribution is 2.40. The summed E-state index contributed by atoms with van der Waals surface area (Å²) in [6, 6.07) is 13.7. The molecule has 5 nitrogen and oxygen atoms in total. The van der Waals surface area contributed by atoms with Crippen molar-refractivity contribution in [1.82, 2.24) is 4.72 Å². The van der Waals surface area contributed by atoms with Crippen molar-refractivity contribution in [1.29, 1.82) is 0 Å². The SMILES string of the molecule is COc1ccc(C(NS(=O)(=O)c2ccc(C)cc2)[C@]2(C)CO2)cc1. The molecular formula is C18H21NO4S. The highest BCUT2D eigenvalue weighted by Gasteiger charge is 2.49. The summed E-state index contributed by atoms with van der Waals surface area (Å²) in [5, 5.41) is 0. The lowest BCUT2D eigenvalue weighted by molar-refractivity contribution is 0.273. The zero-order valence-electron chi connectivity index (χ0n) is 13.9. The van der Waals surface area contributed by atoms with Crippen molar-refractivity contribution >= 4 is 10.0 Å². The topological polar surface area (TPSA) is 67.9 Å². The van der Waals surface area contributed by atoms with Gasteiger partial charge in [0, 0.05) is 0 Å². The van der Waals surface area contributed by atoms with Crippen LogP contribution in [0.25, 0.3) is 0 Å². The predicted molar refractivity (Wildman–Crippen MR) is 91.6 cm³/mol. The van der Waals surface area contributed by atoms with Crippen LogP contribution < -0.4 is 9.46 Å². The van der Waals surface area contributed by atoms with Gasteiger partial charge in [0.25, 0.3) is 0 Å². The maximum absolute atomic E-state index is 12.7. The summed E-state index contributed by atoms with van der Waals surface area (Å²) in [5.41, 5.74) is 1.32. The van der Waals surface area contributed by atoms with Crippen molar-refractivity contribution in [3.05, 3.63) is 59.7 Å². The maximum Gasteiger partial charge on any atom is 0.241 e. The molecule has 1 saturated heterocycles. The number of hydrogen-bond acceptors (Lipinski definition) is 4. The van der Waals surface area contributed by atoms with Crippen LogP contribution in [0.2, 0.25) is 0 Å². The van der Waals surface area contributed by atoms with E-state index >= 15 is 0 Å². The van der Waals surface area contributed by atoms with Gasteiger partial charge in [0.15, 0.2) is 0 Å². The van der Waals surface area contributed by atoms with Crippen molar-refractivity contribution < 1.29 is 17.9 Å². The highest BCUT2D eigenvalue weighted by molar-refractivity contribution is 7.89. The van der Waals surface area contributed by atoms with Crippen LogP contribution in [0.1, 0.15) is 24.1 Å². The standard InChI is InChI=1S/C18H21NO4S/c1-13-4-10-16(11-5-13)24(20,21)19-17(18(2)12-23-18)14-6-8-15(22-3)9-7-14/h4-11,17,19H,12H2,1-3H3/t17?,18-/m0/s1. The van der Waals surface area contributed by atoms with Crippen molar-refractivity contribution in [2.24, 2.45) is 0 Å². The van der Waals surface area contributed by atoms with Gasteiger partial charge >= 0.3 is 0 Å². The zero-order valence-corrected chi connectivity index (χ0v) is 14.8. The first kappa shape index (κ1) is 17.0. The number of aryl methyl sites for hydroxylation is 1. The smallest absolute Gasteiger partial charge is 0.241 e. The molecule has 2 aromatic carbocycles. The second kappa shape index (κ2) is 6.20. The summed E-state index contributed by atoms with van der Waals surface area (Å²) >= 11 is 0. The van der Waals surface area contributed by atoms with E-state index in [0.717, 1.165) is 16.9 Å². The van der Waals surface area contributed by atoms with Crippen LogP contribution in [0.4, 0.5) is 0 Å². The van der Waals surface area contributed by atoms with E-state index in [0.29, 0.717) is 6.61 Å². The number of methoxy groups -OCH3 is 1. The Morgan fingerprint density at radius 1 is 1.12 bits per heavy atom. The Balaban J connectivity index is 1.91. The Morgan fingerprint density at radius 2 is 1.71 bits per heavy atom. The summed E-state index contributed by atoms with van der Waals surface area (Å²) in [6.45, 7) is 4.34. The first-order valence-electron chi connectivity index (χ1n) is 7.71. The van der Waals surface area contributed by atoms with Gasteiger partial charge in [-0.2, -0.15) is 0 Å². The molecule has 1 heterocycles. The van der Waals surface area contributed by atoms with Crippen molar-refractivity contribution in [3.63, 3.8) is 0 Å². The van der Waals surface area contributed by atoms with Crippen molar-refractivity contribution in [3.8, 4) is 5.75 Å². The number of sulfonamides is 1. The molecule has 2 aromatic rings. The van der Waals surface area contributed by atoms with E-state index in [1.807, 2.05) is 38.1 Å². The molecule has 0 spiro atoms. The summed E-state index contributed by atoms with van der Waals surface area (Å²) in [5.74, 6) is 0.723. The molecule has 0 bridgehead atoms. The van der Waals surface area contributed by atoms with Gasteiger partial charge in [0.05, 0.1) is 24.7 Å². The van der Waals surface area contributed by atoms with Crippen LogP contribution in [-0.4, -0.2) is 27.7 Å². The van der Waals surface area contributed by atoms with Crippen LogP contribution in [0.15, 0.2) is 53.4 Å². The van der Waals surface area contributed by atoms with Crippen LogP contribution in [-0.2, 0) is 14.8 Å². The third-order valence-corrected chi connectivity index (χ3v) is 5.70. The Hall–Kier alpha value is -1.89. The molecule has 1 unspecified atom stereocenters. The molecular weight excluding hydrogens is 326 g/mol. The van der Waals surface area contributed by atoms with Gasteiger partial charge in [-0.15, -0.1) is 0 Å². The summed E-state index contributed by atoms with van der Waals surface area (Å²) < 4.78 is 38.9. The Labute approximate surface area is 142 Å². The van der Waals surface area contributed by atoms with Gasteiger partial charge in [0.2, 0.25) is 10.0 Å². The quantitative estimate of drug-likeness (QED) is 0.816. The van der Waals surface area contributed by atoms with Gasteiger partial charge in [-0.3, -0.25) is 0 Å². The minimum atomic E-state index is -3.64. The number of ether oxygens (including phenoxy) is 2. The molecule has 24 heavy (non-hydrogen) atoms. The molecule has 1 aliphatic rings. The largest absolute Gasteiger partial charge is 0.497 e. The van der Waals surface area contributed by atoms with E-state index in [1.165, 1.54) is 0 Å². The van der Waals surface area contributed by atoms with Crippen molar-refractivity contribution in [2.75, 3.05) is 13.7 Å². The number of nitrogens with one attached hydrogen (secondary N) is 1. The Bertz CT molecular complexity index is 809. The summed E-state index contributed by atoms with van der Waals surface area (Å²) in [6.07, 6.45) is 0. The fourth-order valence-corrected chi connectivity index (χ4v) is 3.89. The average Bonchev–Trinajstić information content (AvgIpc) is 3.32. The molecule has 1 fully saturated rings. The molecule has 3 rings (SSSR count). The molecule has 1 N–H and O–H groups in total. The van der Waals surface area contributed by atoms with Gasteiger partial charge in [-0.05, 0) is 43.7 Å². The fourth-order valence-electron chi connectivity index (χ4n) is 2.56. The monoisotopic (exact) mass is 347 g/mol. The van der Waals surface area contributed by atoms with E-state index in [2.05, 4.69) is 4.72 Å². The van der Waals surface area contributed by atoms with Gasteiger partial charge in [0.1, 0.15) is 11.4 Å². The predicted octanol–water partition coefficient (Wildman–Crippen LogP) is 2.81. The van der Waals surface area contributed by atoms with Gasteiger partial charge < -0.3 is 9.47 Å². The Morgan fingerprint density at radius 3 is 2.21 bits per heavy atom. The van der Waals surface area contributed by atoms with Gasteiger partial charge in [-0.25, -0.2) is 13.1 Å². The van der Waals surface area contributed by atoms with E-state index in [9.17, 15) is 8.42 Å². The lowest BCUT2D eigenvalue weighted by Crippen LogP contribution is -2.37. The third-order valence-electron chi connectivity index (χ3n) is 4.26. The second-order valence-electron chi connectivity index (χ2n) is 6.24. The van der Waals surface area contributed by atoms with Crippen LogP contribution in [0.5, 0.6) is 5.75 Å². The minimum absolute atomic E-state index is 0.246. The molecule has 2 atom stereocenters. The second-order valence-corrected chi connectivity index (χ2v) is 7.96. The zero-order chi connectivity index (χ0) is 17.4. The van der Waals surface area contributed by atoms with Crippen molar-refractivity contribution in [2.45, 2.75) is 30.4 Å². The van der Waals surface area contributed by atoms with E-state index in [1.54, 1.807) is 31.4 Å². The van der Waals surface area contributed by atoms with E-state index in [4.69, 9.17) is 9.47 Å². The number of hydrogen-bond donors (Lipinski definition) is 1. The normalized spacial score (nSPS) is 21.3. The first-order valence-corrected chi connectivity index (χ1v) is 9.19. The lowest BCUT2D eigenvalue weighted by Gasteiger charge is -2.23. The lowest BCUT2D eigenvalue weighted by atomic mass is 9.96. The highest BCUT2D eigenvalue weighted by atomic mass is 32.2. The van der Waals surface area contributed by atoms with Crippen LogP contribution in [0, 0.1) is 6.92 Å². The maximum atomic E-state index is 12.7. The fraction of sp³-hybridized carbons (Fsp3) is 0.333. The number of benzene rings is 2. The third kappa shape index (κ3) is 3.45. The van der Waals surface area contributed by atoms with E-state index in [-0.39, 0.29) is 4.90 Å². The molecule has 0 aliphatic carbocycles. The minimum Gasteiger partial charge on any atom is -0.497 e. The average molecular weight is 347 g/mol. The van der Waals surface area contributed by atoms with Crippen LogP contribution >= 0.6 is 0 Å². The van der Waals surface area contributed by atoms with Crippen LogP contribution in [0.3, 0.4) is 0 Å². The summed E-state index contributed by atoms with van der Waals surface area (Å²) in [7, 11) is -2.05. The first-order chi connectivity index (χ1) is 11.3. The molecule has 128 valence electrons. The number of rotatable bonds is 6. The Kier molecular flexibility index (Phi) is 4.38. The van der Waals surface area contributed by atoms with E-state index < -0.39 is 21.7 Å². The molecule has 0 amide bonds. The molecule has 6 heteroatoms. The molecule has 0 aromatic heterocycles. The molecule has 0 radical (unpaired) electrons. The molecule has 1 aliphatic heterocycles.